The predicted molar refractivity (Wildman–Crippen MR) is 79.8 cm³/mol. The molecule has 2 rings (SSSR count). The Bertz CT molecular complexity index is 714. The van der Waals surface area contributed by atoms with Gasteiger partial charge in [-0.1, -0.05) is 23.2 Å². The van der Waals surface area contributed by atoms with E-state index in [0.717, 1.165) is 6.07 Å². The first kappa shape index (κ1) is 15.1. The smallest absolute Gasteiger partial charge is 0.338 e. The number of carboxylic acids is 1. The SMILES string of the molecule is O=C(O)c1cc([N+](=O)[O-])ccc1Nc1cc(Cl)cc(Cl)c1. The van der Waals surface area contributed by atoms with Crippen molar-refractivity contribution in [3.05, 3.63) is 62.1 Å². The fourth-order valence-electron chi connectivity index (χ4n) is 1.71. The zero-order chi connectivity index (χ0) is 15.6. The van der Waals surface area contributed by atoms with E-state index in [9.17, 15) is 14.9 Å². The molecule has 0 saturated heterocycles. The van der Waals surface area contributed by atoms with Gasteiger partial charge in [0.05, 0.1) is 16.2 Å². The van der Waals surface area contributed by atoms with Gasteiger partial charge in [-0.05, 0) is 24.3 Å². The Balaban J connectivity index is 2.43. The molecule has 21 heavy (non-hydrogen) atoms. The van der Waals surface area contributed by atoms with Crippen molar-refractivity contribution in [3.8, 4) is 0 Å². The molecule has 0 bridgehead atoms. The summed E-state index contributed by atoms with van der Waals surface area (Å²) in [5.74, 6) is -1.28. The van der Waals surface area contributed by atoms with E-state index in [1.165, 1.54) is 18.2 Å². The molecule has 0 fully saturated rings. The molecule has 0 aromatic heterocycles. The van der Waals surface area contributed by atoms with E-state index in [1.54, 1.807) is 12.1 Å². The van der Waals surface area contributed by atoms with Gasteiger partial charge in [0, 0.05) is 27.9 Å². The number of rotatable bonds is 4. The number of carboxylic acid groups (broad SMARTS) is 1. The summed E-state index contributed by atoms with van der Waals surface area (Å²) < 4.78 is 0. The Kier molecular flexibility index (Phi) is 4.30. The Morgan fingerprint density at radius 3 is 2.29 bits per heavy atom. The number of benzene rings is 2. The maximum absolute atomic E-state index is 11.2. The second kappa shape index (κ2) is 5.99. The van der Waals surface area contributed by atoms with Crippen molar-refractivity contribution in [3.63, 3.8) is 0 Å². The average Bonchev–Trinajstić information content (AvgIpc) is 2.37. The van der Waals surface area contributed by atoms with Crippen LogP contribution in [0.3, 0.4) is 0 Å². The Hall–Kier alpha value is -2.31. The minimum atomic E-state index is -1.28. The largest absolute Gasteiger partial charge is 0.478 e. The van der Waals surface area contributed by atoms with Crippen molar-refractivity contribution in [2.75, 3.05) is 5.32 Å². The van der Waals surface area contributed by atoms with Crippen molar-refractivity contribution in [2.45, 2.75) is 0 Å². The lowest BCUT2D eigenvalue weighted by Crippen LogP contribution is -2.04. The Morgan fingerprint density at radius 1 is 1.14 bits per heavy atom. The van der Waals surface area contributed by atoms with Gasteiger partial charge in [-0.3, -0.25) is 10.1 Å². The number of aromatic carboxylic acids is 1. The van der Waals surface area contributed by atoms with Crippen molar-refractivity contribution in [1.29, 1.82) is 0 Å². The minimum Gasteiger partial charge on any atom is -0.478 e. The van der Waals surface area contributed by atoms with E-state index in [-0.39, 0.29) is 16.9 Å². The minimum absolute atomic E-state index is 0.200. The number of nitro groups is 1. The normalized spacial score (nSPS) is 10.2. The van der Waals surface area contributed by atoms with Crippen LogP contribution < -0.4 is 5.32 Å². The molecule has 0 aliphatic rings. The van der Waals surface area contributed by atoms with Crippen LogP contribution in [0.15, 0.2) is 36.4 Å². The monoisotopic (exact) mass is 326 g/mol. The molecule has 108 valence electrons. The summed E-state index contributed by atoms with van der Waals surface area (Å²) in [7, 11) is 0. The van der Waals surface area contributed by atoms with Crippen LogP contribution in [0.5, 0.6) is 0 Å². The zero-order valence-electron chi connectivity index (χ0n) is 10.3. The van der Waals surface area contributed by atoms with Crippen LogP contribution in [0, 0.1) is 10.1 Å². The van der Waals surface area contributed by atoms with Crippen LogP contribution in [-0.2, 0) is 0 Å². The van der Waals surface area contributed by atoms with E-state index >= 15 is 0 Å². The van der Waals surface area contributed by atoms with Crippen molar-refractivity contribution in [1.82, 2.24) is 0 Å². The molecule has 2 aromatic rings. The highest BCUT2D eigenvalue weighted by Crippen LogP contribution is 2.28. The van der Waals surface area contributed by atoms with Crippen LogP contribution in [0.1, 0.15) is 10.4 Å². The maximum Gasteiger partial charge on any atom is 0.338 e. The number of nitro benzene ring substituents is 1. The maximum atomic E-state index is 11.2. The van der Waals surface area contributed by atoms with Crippen molar-refractivity contribution in [2.24, 2.45) is 0 Å². The van der Waals surface area contributed by atoms with Gasteiger partial charge in [0.2, 0.25) is 0 Å². The molecular weight excluding hydrogens is 319 g/mol. The number of non-ortho nitro benzene ring substituents is 1. The number of carbonyl (C=O) groups is 1. The number of hydrogen-bond donors (Lipinski definition) is 2. The van der Waals surface area contributed by atoms with Crippen LogP contribution in [-0.4, -0.2) is 16.0 Å². The number of nitrogens with one attached hydrogen (secondary N) is 1. The van der Waals surface area contributed by atoms with E-state index < -0.39 is 10.9 Å². The molecule has 0 saturated carbocycles. The summed E-state index contributed by atoms with van der Waals surface area (Å²) in [5, 5.41) is 23.4. The molecule has 2 aromatic carbocycles. The predicted octanol–water partition coefficient (Wildman–Crippen LogP) is 4.34. The van der Waals surface area contributed by atoms with Gasteiger partial charge >= 0.3 is 5.97 Å². The first-order chi connectivity index (χ1) is 9.86. The highest BCUT2D eigenvalue weighted by atomic mass is 35.5. The van der Waals surface area contributed by atoms with Crippen molar-refractivity contribution < 1.29 is 14.8 Å². The van der Waals surface area contributed by atoms with Gasteiger partial charge in [0.25, 0.3) is 5.69 Å². The molecule has 0 unspecified atom stereocenters. The number of hydrogen-bond acceptors (Lipinski definition) is 4. The van der Waals surface area contributed by atoms with Crippen LogP contribution in [0.2, 0.25) is 10.0 Å². The molecular formula is C13H8Cl2N2O4. The van der Waals surface area contributed by atoms with E-state index in [2.05, 4.69) is 5.32 Å². The molecule has 0 radical (unpaired) electrons. The summed E-state index contributed by atoms with van der Waals surface area (Å²) in [6.45, 7) is 0. The standard InChI is InChI=1S/C13H8Cl2N2O4/c14-7-3-8(15)5-9(4-7)16-12-2-1-10(17(20)21)6-11(12)13(18)19/h1-6,16H,(H,18,19). The van der Waals surface area contributed by atoms with E-state index in [4.69, 9.17) is 28.3 Å². The quantitative estimate of drug-likeness (QED) is 0.643. The molecule has 0 atom stereocenters. The topological polar surface area (TPSA) is 92.5 Å². The molecule has 0 heterocycles. The second-order valence-corrected chi connectivity index (χ2v) is 4.95. The summed E-state index contributed by atoms with van der Waals surface area (Å²) >= 11 is 11.7. The van der Waals surface area contributed by atoms with Crippen LogP contribution >= 0.6 is 23.2 Å². The molecule has 0 spiro atoms. The third kappa shape index (κ3) is 3.62. The molecule has 8 heteroatoms. The van der Waals surface area contributed by atoms with Crippen LogP contribution in [0.4, 0.5) is 17.1 Å². The van der Waals surface area contributed by atoms with Crippen LogP contribution in [0.25, 0.3) is 0 Å². The number of nitrogens with zero attached hydrogens (tertiary/aromatic N) is 1. The van der Waals surface area contributed by atoms with E-state index in [1.807, 2.05) is 0 Å². The molecule has 0 aliphatic carbocycles. The second-order valence-electron chi connectivity index (χ2n) is 4.08. The van der Waals surface area contributed by atoms with Gasteiger partial charge in [0.1, 0.15) is 0 Å². The lowest BCUT2D eigenvalue weighted by atomic mass is 10.1. The molecule has 0 aliphatic heterocycles. The summed E-state index contributed by atoms with van der Waals surface area (Å²) in [4.78, 5) is 21.2. The van der Waals surface area contributed by atoms with Crippen molar-refractivity contribution >= 4 is 46.2 Å². The van der Waals surface area contributed by atoms with Gasteiger partial charge in [0.15, 0.2) is 0 Å². The average molecular weight is 327 g/mol. The Morgan fingerprint density at radius 2 is 1.76 bits per heavy atom. The molecule has 2 N–H and O–H groups in total. The third-order valence-corrected chi connectivity index (χ3v) is 3.02. The highest BCUT2D eigenvalue weighted by molar-refractivity contribution is 6.35. The molecule has 0 amide bonds. The summed E-state index contributed by atoms with van der Waals surface area (Å²) in [6.07, 6.45) is 0. The fourth-order valence-corrected chi connectivity index (χ4v) is 2.24. The lowest BCUT2D eigenvalue weighted by molar-refractivity contribution is -0.384. The lowest BCUT2D eigenvalue weighted by Gasteiger charge is -2.10. The number of halogens is 2. The first-order valence-electron chi connectivity index (χ1n) is 5.61. The van der Waals surface area contributed by atoms with E-state index in [0.29, 0.717) is 15.7 Å². The van der Waals surface area contributed by atoms with Gasteiger partial charge < -0.3 is 10.4 Å². The van der Waals surface area contributed by atoms with Gasteiger partial charge in [-0.25, -0.2) is 4.79 Å². The molecule has 6 nitrogen and oxygen atoms in total. The third-order valence-electron chi connectivity index (χ3n) is 2.59. The summed E-state index contributed by atoms with van der Waals surface area (Å²) in [5.41, 5.74) is 0.151. The summed E-state index contributed by atoms with van der Waals surface area (Å²) in [6, 6.07) is 8.15. The Labute approximate surface area is 129 Å². The highest BCUT2D eigenvalue weighted by Gasteiger charge is 2.16. The fraction of sp³-hybridized carbons (Fsp3) is 0. The first-order valence-corrected chi connectivity index (χ1v) is 6.37. The number of anilines is 2. The zero-order valence-corrected chi connectivity index (χ0v) is 11.9. The van der Waals surface area contributed by atoms with Gasteiger partial charge in [-0.15, -0.1) is 0 Å². The van der Waals surface area contributed by atoms with Gasteiger partial charge in [-0.2, -0.15) is 0 Å².